The molecule has 1 unspecified atom stereocenters. The number of carbonyl (C=O) groups is 1. The first kappa shape index (κ1) is 22.1. The van der Waals surface area contributed by atoms with Gasteiger partial charge in [0.25, 0.3) is 5.91 Å². The quantitative estimate of drug-likeness (QED) is 0.593. The minimum Gasteiger partial charge on any atom is -0.492 e. The molecule has 166 valence electrons. The van der Waals surface area contributed by atoms with E-state index in [1.165, 1.54) is 0 Å². The zero-order valence-corrected chi connectivity index (χ0v) is 18.7. The number of halogens is 1. The lowest BCUT2D eigenvalue weighted by molar-refractivity contribution is 0.0806. The lowest BCUT2D eigenvalue weighted by Crippen LogP contribution is -2.38. The number of hydrogen-bond acceptors (Lipinski definition) is 7. The van der Waals surface area contributed by atoms with E-state index in [2.05, 4.69) is 15.0 Å². The van der Waals surface area contributed by atoms with Gasteiger partial charge in [-0.1, -0.05) is 11.6 Å². The monoisotopic (exact) mass is 453 g/mol. The first-order chi connectivity index (χ1) is 15.6. The van der Waals surface area contributed by atoms with Crippen LogP contribution in [-0.2, 0) is 4.74 Å². The van der Waals surface area contributed by atoms with Crippen LogP contribution >= 0.6 is 11.6 Å². The van der Waals surface area contributed by atoms with Gasteiger partial charge in [-0.15, -0.1) is 0 Å². The maximum Gasteiger partial charge on any atom is 0.258 e. The van der Waals surface area contributed by atoms with Crippen LogP contribution in [0.2, 0.25) is 5.02 Å². The molecule has 0 radical (unpaired) electrons. The molecule has 2 aliphatic heterocycles. The number of aromatic nitrogens is 2. The Labute approximate surface area is 191 Å². The second-order valence-corrected chi connectivity index (χ2v) is 7.79. The van der Waals surface area contributed by atoms with Crippen molar-refractivity contribution in [1.29, 1.82) is 0 Å². The second kappa shape index (κ2) is 10.0. The number of rotatable bonds is 7. The Morgan fingerprint density at radius 1 is 1.25 bits per heavy atom. The van der Waals surface area contributed by atoms with Crippen LogP contribution in [0.1, 0.15) is 42.1 Å². The van der Waals surface area contributed by atoms with Crippen LogP contribution in [0.5, 0.6) is 5.75 Å². The van der Waals surface area contributed by atoms with Crippen molar-refractivity contribution in [1.82, 2.24) is 14.9 Å². The molecule has 0 bridgehead atoms. The van der Waals surface area contributed by atoms with Crippen molar-refractivity contribution in [3.8, 4) is 5.75 Å². The average molecular weight is 454 g/mol. The van der Waals surface area contributed by atoms with Gasteiger partial charge in [0.05, 0.1) is 17.3 Å². The summed E-state index contributed by atoms with van der Waals surface area (Å²) in [6, 6.07) is 6.87. The van der Waals surface area contributed by atoms with Crippen molar-refractivity contribution in [2.75, 3.05) is 26.9 Å². The fourth-order valence-electron chi connectivity index (χ4n) is 3.62. The summed E-state index contributed by atoms with van der Waals surface area (Å²) in [6.07, 6.45) is 6.06. The third kappa shape index (κ3) is 4.71. The van der Waals surface area contributed by atoms with Crippen molar-refractivity contribution in [3.05, 3.63) is 64.3 Å². The molecule has 4 rings (SSSR count). The number of fused-ring (bicyclic) bond motifs is 1. The molecule has 1 atom stereocenters. The molecule has 0 aliphatic carbocycles. The van der Waals surface area contributed by atoms with E-state index in [1.54, 1.807) is 54.9 Å². The molecule has 2 aliphatic rings. The lowest BCUT2D eigenvalue weighted by atomic mass is 9.99. The molecule has 8 nitrogen and oxygen atoms in total. The van der Waals surface area contributed by atoms with Gasteiger partial charge in [-0.05, 0) is 31.2 Å². The van der Waals surface area contributed by atoms with Gasteiger partial charge in [0.2, 0.25) is 0 Å². The van der Waals surface area contributed by atoms with Crippen molar-refractivity contribution >= 4 is 29.4 Å². The summed E-state index contributed by atoms with van der Waals surface area (Å²) in [6.45, 7) is 3.54. The summed E-state index contributed by atoms with van der Waals surface area (Å²) < 4.78 is 10.7. The highest BCUT2D eigenvalue weighted by atomic mass is 35.5. The topological polar surface area (TPSA) is 89.3 Å². The predicted octanol–water partition coefficient (Wildman–Crippen LogP) is 3.89. The normalized spacial score (nSPS) is 17.8. The van der Waals surface area contributed by atoms with Crippen LogP contribution in [0.25, 0.3) is 0 Å². The fourth-order valence-corrected chi connectivity index (χ4v) is 3.85. The lowest BCUT2D eigenvalue weighted by Gasteiger charge is -2.32. The van der Waals surface area contributed by atoms with Crippen molar-refractivity contribution < 1.29 is 14.3 Å². The maximum absolute atomic E-state index is 13.2. The Bertz CT molecular complexity index is 1080. The standard InChI is InChI=1S/C23H24ClN5O3/c1-15-17-14-27-22(21-25-8-3-9-26-21)28-19(17)7-10-29(15)23(30)16-5-6-20(18(24)13-16)32-12-4-11-31-2/h3,5-6,8-9,13-14,22H,4,7,10-12H2,1-2H3. The third-order valence-corrected chi connectivity index (χ3v) is 5.59. The van der Waals surface area contributed by atoms with Gasteiger partial charge in [0.15, 0.2) is 12.0 Å². The number of methoxy groups -OCH3 is 1. The molecule has 32 heavy (non-hydrogen) atoms. The fraction of sp³-hybridized carbons (Fsp3) is 0.348. The van der Waals surface area contributed by atoms with E-state index in [0.717, 1.165) is 23.4 Å². The number of ether oxygens (including phenoxy) is 2. The highest BCUT2D eigenvalue weighted by molar-refractivity contribution is 6.32. The summed E-state index contributed by atoms with van der Waals surface area (Å²) >= 11 is 6.36. The Hall–Kier alpha value is -3.10. The van der Waals surface area contributed by atoms with Crippen LogP contribution < -0.4 is 4.74 Å². The Balaban J connectivity index is 1.49. The summed E-state index contributed by atoms with van der Waals surface area (Å²) in [5, 5.41) is 0.405. The van der Waals surface area contributed by atoms with Gasteiger partial charge in [-0.3, -0.25) is 14.8 Å². The second-order valence-electron chi connectivity index (χ2n) is 7.38. The number of allylic oxidation sites excluding steroid dienone is 2. The number of amides is 1. The molecule has 1 amide bonds. The summed E-state index contributed by atoms with van der Waals surface area (Å²) in [5.74, 6) is 0.991. The minimum absolute atomic E-state index is 0.121. The van der Waals surface area contributed by atoms with E-state index < -0.39 is 6.17 Å². The molecule has 2 aromatic rings. The summed E-state index contributed by atoms with van der Waals surface area (Å²) in [4.78, 5) is 32.6. The van der Waals surface area contributed by atoms with E-state index in [9.17, 15) is 4.79 Å². The first-order valence-electron chi connectivity index (χ1n) is 10.4. The van der Waals surface area contributed by atoms with Gasteiger partial charge in [-0.2, -0.15) is 0 Å². The first-order valence-corrected chi connectivity index (χ1v) is 10.8. The van der Waals surface area contributed by atoms with Crippen LogP contribution in [0, 0.1) is 0 Å². The molecule has 0 saturated heterocycles. The minimum atomic E-state index is -0.444. The molecule has 1 aromatic heterocycles. The Morgan fingerprint density at radius 2 is 2.06 bits per heavy atom. The zero-order chi connectivity index (χ0) is 22.5. The number of hydrogen-bond donors (Lipinski definition) is 0. The van der Waals surface area contributed by atoms with Crippen LogP contribution in [0.15, 0.2) is 57.9 Å². The van der Waals surface area contributed by atoms with E-state index in [1.807, 2.05) is 6.92 Å². The Morgan fingerprint density at radius 3 is 2.81 bits per heavy atom. The SMILES string of the molecule is COCCCOc1ccc(C(=O)N2CCC3=NC(c4ncccn4)N=CC3=C2C)cc1Cl. The number of nitrogens with zero attached hydrogens (tertiary/aromatic N) is 5. The van der Waals surface area contributed by atoms with E-state index >= 15 is 0 Å². The maximum atomic E-state index is 13.2. The molecular weight excluding hydrogens is 430 g/mol. The highest BCUT2D eigenvalue weighted by Crippen LogP contribution is 2.30. The van der Waals surface area contributed by atoms with Gasteiger partial charge >= 0.3 is 0 Å². The molecule has 0 N–H and O–H groups in total. The highest BCUT2D eigenvalue weighted by Gasteiger charge is 2.29. The van der Waals surface area contributed by atoms with Crippen LogP contribution in [0.4, 0.5) is 0 Å². The number of benzene rings is 1. The Kier molecular flexibility index (Phi) is 6.92. The van der Waals surface area contributed by atoms with Gasteiger partial charge in [0.1, 0.15) is 5.75 Å². The van der Waals surface area contributed by atoms with Gasteiger partial charge in [0, 0.05) is 68.5 Å². The molecule has 9 heteroatoms. The van der Waals surface area contributed by atoms with Gasteiger partial charge in [-0.25, -0.2) is 9.97 Å². The number of carbonyl (C=O) groups excluding carboxylic acids is 1. The predicted molar refractivity (Wildman–Crippen MR) is 122 cm³/mol. The summed E-state index contributed by atoms with van der Waals surface area (Å²) in [5.41, 5.74) is 3.09. The van der Waals surface area contributed by atoms with E-state index in [4.69, 9.17) is 26.1 Å². The van der Waals surface area contributed by atoms with E-state index in [-0.39, 0.29) is 5.91 Å². The summed E-state index contributed by atoms with van der Waals surface area (Å²) in [7, 11) is 1.65. The van der Waals surface area contributed by atoms with Crippen molar-refractivity contribution in [2.24, 2.45) is 9.98 Å². The van der Waals surface area contributed by atoms with Crippen LogP contribution in [0.3, 0.4) is 0 Å². The van der Waals surface area contributed by atoms with E-state index in [0.29, 0.717) is 48.3 Å². The van der Waals surface area contributed by atoms with Crippen LogP contribution in [-0.4, -0.2) is 59.6 Å². The molecule has 1 aromatic carbocycles. The largest absolute Gasteiger partial charge is 0.492 e. The molecule has 0 spiro atoms. The zero-order valence-electron chi connectivity index (χ0n) is 18.0. The van der Waals surface area contributed by atoms with Crippen molar-refractivity contribution in [2.45, 2.75) is 25.9 Å². The third-order valence-electron chi connectivity index (χ3n) is 5.29. The smallest absolute Gasteiger partial charge is 0.258 e. The average Bonchev–Trinajstić information content (AvgIpc) is 2.83. The van der Waals surface area contributed by atoms with Crippen molar-refractivity contribution in [3.63, 3.8) is 0 Å². The molecular formula is C23H24ClN5O3. The molecule has 3 heterocycles. The van der Waals surface area contributed by atoms with Gasteiger partial charge < -0.3 is 14.4 Å². The molecule has 0 fully saturated rings. The molecule has 0 saturated carbocycles. The number of aliphatic imine (C=N–C) groups is 2.